The van der Waals surface area contributed by atoms with Crippen LogP contribution in [0.4, 0.5) is 0 Å². The van der Waals surface area contributed by atoms with Crippen LogP contribution in [0.2, 0.25) is 0 Å². The normalized spacial score (nSPS) is 23.6. The van der Waals surface area contributed by atoms with Crippen LogP contribution in [0.5, 0.6) is 0 Å². The molecule has 2 saturated heterocycles. The van der Waals surface area contributed by atoms with Crippen LogP contribution in [0.3, 0.4) is 0 Å². The Kier molecular flexibility index (Phi) is 5.56. The number of nitrogens with one attached hydrogen (secondary N) is 1. The van der Waals surface area contributed by atoms with E-state index in [1.165, 1.54) is 0 Å². The zero-order chi connectivity index (χ0) is 18.8. The van der Waals surface area contributed by atoms with Crippen molar-refractivity contribution < 1.29 is 9.53 Å². The number of nitrogens with zero attached hydrogens (tertiary/aromatic N) is 4. The second-order valence-corrected chi connectivity index (χ2v) is 8.54. The number of H-pyrrole nitrogens is 1. The predicted molar refractivity (Wildman–Crippen MR) is 104 cm³/mol. The minimum Gasteiger partial charge on any atom is -0.371 e. The molecular weight excluding hydrogens is 362 g/mol. The highest BCUT2D eigenvalue weighted by atomic mass is 32.1. The van der Waals surface area contributed by atoms with Crippen molar-refractivity contribution in [2.45, 2.75) is 44.2 Å². The Bertz CT molecular complexity index is 781. The maximum atomic E-state index is 12.4. The third kappa shape index (κ3) is 4.07. The lowest BCUT2D eigenvalue weighted by atomic mass is 9.92. The van der Waals surface area contributed by atoms with Crippen LogP contribution in [0.1, 0.15) is 64.5 Å². The van der Waals surface area contributed by atoms with Crippen LogP contribution in [-0.4, -0.2) is 64.7 Å². The lowest BCUT2D eigenvalue weighted by molar-refractivity contribution is 0.0825. The van der Waals surface area contributed by atoms with E-state index in [2.05, 4.69) is 20.5 Å². The van der Waals surface area contributed by atoms with E-state index >= 15 is 0 Å². The molecule has 0 spiro atoms. The van der Waals surface area contributed by atoms with Crippen molar-refractivity contribution in [3.05, 3.63) is 33.5 Å². The van der Waals surface area contributed by atoms with Crippen molar-refractivity contribution in [1.29, 1.82) is 0 Å². The van der Waals surface area contributed by atoms with Gasteiger partial charge in [-0.15, -0.1) is 11.3 Å². The molecule has 2 atom stereocenters. The molecule has 4 rings (SSSR count). The van der Waals surface area contributed by atoms with Crippen LogP contribution in [0.25, 0.3) is 0 Å². The Morgan fingerprint density at radius 1 is 1.41 bits per heavy atom. The highest BCUT2D eigenvalue weighted by molar-refractivity contribution is 7.09. The van der Waals surface area contributed by atoms with Gasteiger partial charge in [0, 0.05) is 45.1 Å². The number of likely N-dealkylation sites (tertiary alicyclic amines) is 1. The molecular formula is C19H27N5O2S. The number of thiazole rings is 1. The van der Waals surface area contributed by atoms with E-state index in [-0.39, 0.29) is 12.0 Å². The number of hydrogen-bond donors (Lipinski definition) is 1. The summed E-state index contributed by atoms with van der Waals surface area (Å²) in [4.78, 5) is 21.3. The van der Waals surface area contributed by atoms with Gasteiger partial charge in [-0.2, -0.15) is 5.10 Å². The average molecular weight is 390 g/mol. The maximum absolute atomic E-state index is 12.4. The summed E-state index contributed by atoms with van der Waals surface area (Å²) in [5.41, 5.74) is 2.79. The number of aromatic nitrogens is 3. The summed E-state index contributed by atoms with van der Waals surface area (Å²) >= 11 is 1.71. The van der Waals surface area contributed by atoms with Gasteiger partial charge in [0.2, 0.25) is 0 Å². The SMILES string of the molecule is CN(C)C(=O)c1cn[nH]c1[C@@H]1CCCN(Cc2csc([C@H]3CCCO3)n2)C1. The van der Waals surface area contributed by atoms with Crippen LogP contribution in [-0.2, 0) is 11.3 Å². The molecule has 0 aromatic carbocycles. The number of piperidine rings is 1. The number of hydrogen-bond acceptors (Lipinski definition) is 6. The minimum atomic E-state index is 0.0107. The first-order valence-electron chi connectivity index (χ1n) is 9.65. The van der Waals surface area contributed by atoms with Crippen molar-refractivity contribution >= 4 is 17.2 Å². The van der Waals surface area contributed by atoms with Crippen LogP contribution >= 0.6 is 11.3 Å². The zero-order valence-corrected chi connectivity index (χ0v) is 16.8. The predicted octanol–water partition coefficient (Wildman–Crippen LogP) is 2.80. The summed E-state index contributed by atoms with van der Waals surface area (Å²) < 4.78 is 5.75. The smallest absolute Gasteiger partial charge is 0.256 e. The van der Waals surface area contributed by atoms with Gasteiger partial charge in [0.15, 0.2) is 0 Å². The van der Waals surface area contributed by atoms with Gasteiger partial charge < -0.3 is 9.64 Å². The van der Waals surface area contributed by atoms with Gasteiger partial charge in [0.1, 0.15) is 11.1 Å². The second kappa shape index (κ2) is 8.08. The van der Waals surface area contributed by atoms with E-state index in [4.69, 9.17) is 9.72 Å². The van der Waals surface area contributed by atoms with E-state index in [1.54, 1.807) is 36.5 Å². The molecule has 2 aliphatic rings. The van der Waals surface area contributed by atoms with E-state index in [1.807, 2.05) is 0 Å². The summed E-state index contributed by atoms with van der Waals surface area (Å²) in [5, 5.41) is 10.5. The maximum Gasteiger partial charge on any atom is 0.256 e. The van der Waals surface area contributed by atoms with Gasteiger partial charge in [-0.05, 0) is 32.2 Å². The summed E-state index contributed by atoms with van der Waals surface area (Å²) in [6.45, 7) is 3.69. The van der Waals surface area contributed by atoms with Crippen molar-refractivity contribution in [3.63, 3.8) is 0 Å². The monoisotopic (exact) mass is 389 g/mol. The molecule has 0 bridgehead atoms. The number of carbonyl (C=O) groups excluding carboxylic acids is 1. The van der Waals surface area contributed by atoms with Crippen molar-refractivity contribution in [2.24, 2.45) is 0 Å². The Morgan fingerprint density at radius 3 is 3.07 bits per heavy atom. The summed E-state index contributed by atoms with van der Waals surface area (Å²) in [6, 6.07) is 0. The van der Waals surface area contributed by atoms with Gasteiger partial charge in [-0.1, -0.05) is 0 Å². The second-order valence-electron chi connectivity index (χ2n) is 7.65. The van der Waals surface area contributed by atoms with Crippen molar-refractivity contribution in [3.8, 4) is 0 Å². The molecule has 1 N–H and O–H groups in total. The Morgan fingerprint density at radius 2 is 2.30 bits per heavy atom. The van der Waals surface area contributed by atoms with Gasteiger partial charge in [-0.3, -0.25) is 14.8 Å². The number of amides is 1. The fourth-order valence-electron chi connectivity index (χ4n) is 4.00. The molecule has 2 aromatic heterocycles. The summed E-state index contributed by atoms with van der Waals surface area (Å²) in [5.74, 6) is 0.313. The Labute approximate surface area is 163 Å². The fourth-order valence-corrected chi connectivity index (χ4v) is 4.89. The van der Waals surface area contributed by atoms with Crippen LogP contribution < -0.4 is 0 Å². The highest BCUT2D eigenvalue weighted by Crippen LogP contribution is 2.32. The minimum absolute atomic E-state index is 0.0107. The first-order valence-corrected chi connectivity index (χ1v) is 10.5. The average Bonchev–Trinajstić information content (AvgIpc) is 3.41. The van der Waals surface area contributed by atoms with Gasteiger partial charge in [0.25, 0.3) is 5.91 Å². The molecule has 27 heavy (non-hydrogen) atoms. The van der Waals surface area contributed by atoms with Crippen molar-refractivity contribution in [1.82, 2.24) is 25.0 Å². The van der Waals surface area contributed by atoms with Crippen molar-refractivity contribution in [2.75, 3.05) is 33.8 Å². The summed E-state index contributed by atoms with van der Waals surface area (Å²) in [6.07, 6.45) is 6.26. The standard InChI is InChI=1S/C19H27N5O2S/c1-23(2)19(25)15-9-20-22-17(15)13-5-3-7-24(10-13)11-14-12-27-18(21-14)16-6-4-8-26-16/h9,12-13,16H,3-8,10-11H2,1-2H3,(H,20,22)/t13-,16-/m1/s1. The summed E-state index contributed by atoms with van der Waals surface area (Å²) in [7, 11) is 3.56. The highest BCUT2D eigenvalue weighted by Gasteiger charge is 2.28. The first kappa shape index (κ1) is 18.6. The number of ether oxygens (including phenoxy) is 1. The third-order valence-electron chi connectivity index (χ3n) is 5.38. The zero-order valence-electron chi connectivity index (χ0n) is 16.0. The quantitative estimate of drug-likeness (QED) is 0.851. The van der Waals surface area contributed by atoms with E-state index in [0.29, 0.717) is 11.5 Å². The molecule has 0 aliphatic carbocycles. The lowest BCUT2D eigenvalue weighted by Crippen LogP contribution is -2.35. The van der Waals surface area contributed by atoms with E-state index in [0.717, 1.165) is 68.3 Å². The molecule has 2 aliphatic heterocycles. The molecule has 2 aromatic rings. The lowest BCUT2D eigenvalue weighted by Gasteiger charge is -2.32. The fraction of sp³-hybridized carbons (Fsp3) is 0.632. The molecule has 0 unspecified atom stereocenters. The largest absolute Gasteiger partial charge is 0.371 e. The molecule has 2 fully saturated rings. The van der Waals surface area contributed by atoms with Gasteiger partial charge >= 0.3 is 0 Å². The molecule has 0 saturated carbocycles. The van der Waals surface area contributed by atoms with Gasteiger partial charge in [-0.25, -0.2) is 4.98 Å². The number of rotatable bonds is 5. The Hall–Kier alpha value is -1.77. The van der Waals surface area contributed by atoms with E-state index in [9.17, 15) is 4.79 Å². The van der Waals surface area contributed by atoms with E-state index < -0.39 is 0 Å². The molecule has 146 valence electrons. The first-order chi connectivity index (χ1) is 13.1. The molecule has 1 amide bonds. The third-order valence-corrected chi connectivity index (χ3v) is 6.37. The van der Waals surface area contributed by atoms with Crippen LogP contribution in [0.15, 0.2) is 11.6 Å². The molecule has 8 heteroatoms. The Balaban J connectivity index is 1.42. The van der Waals surface area contributed by atoms with Crippen LogP contribution in [0, 0.1) is 0 Å². The number of carbonyl (C=O) groups is 1. The molecule has 0 radical (unpaired) electrons. The number of aromatic amines is 1. The molecule has 7 nitrogen and oxygen atoms in total. The molecule has 4 heterocycles. The topological polar surface area (TPSA) is 74.4 Å². The van der Waals surface area contributed by atoms with Gasteiger partial charge in [0.05, 0.1) is 23.1 Å².